The van der Waals surface area contributed by atoms with Crippen LogP contribution >= 0.6 is 0 Å². The molecule has 0 radical (unpaired) electrons. The van der Waals surface area contributed by atoms with Crippen molar-refractivity contribution in [2.45, 2.75) is 19.8 Å². The maximum absolute atomic E-state index is 5.81. The van der Waals surface area contributed by atoms with Gasteiger partial charge in [0.1, 0.15) is 0 Å². The molecule has 1 rings (SSSR count). The Hall–Kier alpha value is -1.26. The molecule has 18 heavy (non-hydrogen) atoms. The van der Waals surface area contributed by atoms with Gasteiger partial charge in [0.2, 0.25) is 0 Å². The topological polar surface area (TPSA) is 53.7 Å². The van der Waals surface area contributed by atoms with Crippen LogP contribution in [-0.4, -0.2) is 33.5 Å². The van der Waals surface area contributed by atoms with Crippen molar-refractivity contribution in [3.8, 4) is 11.5 Å². The van der Waals surface area contributed by atoms with Crippen LogP contribution < -0.4 is 15.2 Å². The van der Waals surface area contributed by atoms with Crippen LogP contribution in [0.2, 0.25) is 0 Å². The number of benzene rings is 1. The van der Waals surface area contributed by atoms with E-state index in [4.69, 9.17) is 19.9 Å². The standard InChI is InChI=1S/C14H23NO3/c1-3-17-13-7-4-6-12(8-9-15)14(13)18-11-5-10-16-2/h4,6-7H,3,5,8-11,15H2,1-2H3. The van der Waals surface area contributed by atoms with Crippen molar-refractivity contribution in [2.24, 2.45) is 5.73 Å². The number of methoxy groups -OCH3 is 1. The molecule has 1 aromatic rings. The van der Waals surface area contributed by atoms with Crippen LogP contribution in [-0.2, 0) is 11.2 Å². The van der Waals surface area contributed by atoms with Gasteiger partial charge < -0.3 is 19.9 Å². The smallest absolute Gasteiger partial charge is 0.164 e. The number of rotatable bonds is 9. The number of ether oxygens (including phenoxy) is 3. The molecule has 0 unspecified atom stereocenters. The van der Waals surface area contributed by atoms with Crippen LogP contribution in [0.4, 0.5) is 0 Å². The molecule has 0 aliphatic carbocycles. The van der Waals surface area contributed by atoms with Gasteiger partial charge in [-0.3, -0.25) is 0 Å². The van der Waals surface area contributed by atoms with Gasteiger partial charge >= 0.3 is 0 Å². The highest BCUT2D eigenvalue weighted by atomic mass is 16.5. The van der Waals surface area contributed by atoms with Crippen LogP contribution in [0.3, 0.4) is 0 Å². The van der Waals surface area contributed by atoms with Crippen LogP contribution in [0.5, 0.6) is 11.5 Å². The molecule has 102 valence electrons. The first-order valence-corrected chi connectivity index (χ1v) is 6.40. The Morgan fingerprint density at radius 1 is 1.17 bits per heavy atom. The highest BCUT2D eigenvalue weighted by Crippen LogP contribution is 2.31. The van der Waals surface area contributed by atoms with Crippen molar-refractivity contribution < 1.29 is 14.2 Å². The van der Waals surface area contributed by atoms with E-state index in [1.54, 1.807) is 7.11 Å². The lowest BCUT2D eigenvalue weighted by Crippen LogP contribution is -2.08. The first-order valence-electron chi connectivity index (χ1n) is 6.40. The molecule has 0 aliphatic rings. The predicted molar refractivity (Wildman–Crippen MR) is 72.4 cm³/mol. The van der Waals surface area contributed by atoms with Gasteiger partial charge in [-0.1, -0.05) is 12.1 Å². The van der Waals surface area contributed by atoms with Gasteiger partial charge in [0.25, 0.3) is 0 Å². The van der Waals surface area contributed by atoms with Gasteiger partial charge in [-0.05, 0) is 31.5 Å². The van der Waals surface area contributed by atoms with Crippen molar-refractivity contribution in [1.29, 1.82) is 0 Å². The molecule has 0 aromatic heterocycles. The summed E-state index contributed by atoms with van der Waals surface area (Å²) in [5.41, 5.74) is 6.71. The second-order valence-electron chi connectivity index (χ2n) is 3.91. The summed E-state index contributed by atoms with van der Waals surface area (Å²) in [5.74, 6) is 1.61. The van der Waals surface area contributed by atoms with Crippen molar-refractivity contribution in [3.63, 3.8) is 0 Å². The van der Waals surface area contributed by atoms with E-state index in [-0.39, 0.29) is 0 Å². The van der Waals surface area contributed by atoms with E-state index in [1.807, 2.05) is 25.1 Å². The van der Waals surface area contributed by atoms with E-state index < -0.39 is 0 Å². The zero-order valence-corrected chi connectivity index (χ0v) is 11.3. The quantitative estimate of drug-likeness (QED) is 0.684. The third-order valence-corrected chi connectivity index (χ3v) is 2.51. The average molecular weight is 253 g/mol. The highest BCUT2D eigenvalue weighted by Gasteiger charge is 2.10. The Morgan fingerprint density at radius 3 is 2.67 bits per heavy atom. The molecule has 0 heterocycles. The molecule has 0 aliphatic heterocycles. The number of hydrogen-bond acceptors (Lipinski definition) is 4. The summed E-state index contributed by atoms with van der Waals surface area (Å²) >= 11 is 0. The second kappa shape index (κ2) is 8.78. The molecule has 0 fully saturated rings. The van der Waals surface area contributed by atoms with E-state index in [0.717, 1.165) is 29.9 Å². The van der Waals surface area contributed by atoms with Gasteiger partial charge in [0.05, 0.1) is 13.2 Å². The molecule has 0 spiro atoms. The fourth-order valence-corrected chi connectivity index (χ4v) is 1.72. The minimum Gasteiger partial charge on any atom is -0.490 e. The summed E-state index contributed by atoms with van der Waals surface area (Å²) in [5, 5.41) is 0. The molecule has 0 bridgehead atoms. The lowest BCUT2D eigenvalue weighted by molar-refractivity contribution is 0.169. The van der Waals surface area contributed by atoms with Gasteiger partial charge in [0.15, 0.2) is 11.5 Å². The van der Waals surface area contributed by atoms with E-state index in [1.165, 1.54) is 0 Å². The van der Waals surface area contributed by atoms with Gasteiger partial charge in [0, 0.05) is 20.1 Å². The second-order valence-corrected chi connectivity index (χ2v) is 3.91. The summed E-state index contributed by atoms with van der Waals surface area (Å²) < 4.78 is 16.4. The summed E-state index contributed by atoms with van der Waals surface area (Å²) in [6.45, 7) is 4.51. The van der Waals surface area contributed by atoms with Gasteiger partial charge in [-0.25, -0.2) is 0 Å². The Morgan fingerprint density at radius 2 is 2.00 bits per heavy atom. The summed E-state index contributed by atoms with van der Waals surface area (Å²) in [7, 11) is 1.69. The van der Waals surface area contributed by atoms with E-state index in [0.29, 0.717) is 26.4 Å². The third-order valence-electron chi connectivity index (χ3n) is 2.51. The largest absolute Gasteiger partial charge is 0.490 e. The molecular formula is C14H23NO3. The fraction of sp³-hybridized carbons (Fsp3) is 0.571. The predicted octanol–water partition coefficient (Wildman–Crippen LogP) is 2.00. The molecule has 0 saturated carbocycles. The molecule has 4 nitrogen and oxygen atoms in total. The highest BCUT2D eigenvalue weighted by molar-refractivity contribution is 5.46. The average Bonchev–Trinajstić information content (AvgIpc) is 2.38. The number of para-hydroxylation sites is 1. The fourth-order valence-electron chi connectivity index (χ4n) is 1.72. The molecule has 4 heteroatoms. The summed E-state index contributed by atoms with van der Waals surface area (Å²) in [4.78, 5) is 0. The number of nitrogens with two attached hydrogens (primary N) is 1. The van der Waals surface area contributed by atoms with Crippen LogP contribution in [0, 0.1) is 0 Å². The summed E-state index contributed by atoms with van der Waals surface area (Å²) in [6, 6.07) is 5.92. The normalized spacial score (nSPS) is 10.4. The van der Waals surface area contributed by atoms with Crippen LogP contribution in [0.15, 0.2) is 18.2 Å². The zero-order valence-electron chi connectivity index (χ0n) is 11.3. The maximum Gasteiger partial charge on any atom is 0.164 e. The minimum absolute atomic E-state index is 0.601. The van der Waals surface area contributed by atoms with Crippen molar-refractivity contribution in [2.75, 3.05) is 33.5 Å². The van der Waals surface area contributed by atoms with Crippen LogP contribution in [0.1, 0.15) is 18.9 Å². The Bertz CT molecular complexity index is 318. The minimum atomic E-state index is 0.601. The van der Waals surface area contributed by atoms with E-state index in [9.17, 15) is 0 Å². The van der Waals surface area contributed by atoms with Gasteiger partial charge in [-0.2, -0.15) is 0 Å². The Labute approximate surface area is 109 Å². The first-order chi connectivity index (χ1) is 8.83. The van der Waals surface area contributed by atoms with Crippen molar-refractivity contribution in [3.05, 3.63) is 23.8 Å². The molecule has 0 atom stereocenters. The molecule has 1 aromatic carbocycles. The van der Waals surface area contributed by atoms with E-state index in [2.05, 4.69) is 0 Å². The van der Waals surface area contributed by atoms with Crippen molar-refractivity contribution in [1.82, 2.24) is 0 Å². The van der Waals surface area contributed by atoms with E-state index >= 15 is 0 Å². The number of hydrogen-bond donors (Lipinski definition) is 1. The van der Waals surface area contributed by atoms with Crippen LogP contribution in [0.25, 0.3) is 0 Å². The van der Waals surface area contributed by atoms with Gasteiger partial charge in [-0.15, -0.1) is 0 Å². The molecule has 0 amide bonds. The Balaban J connectivity index is 2.74. The SMILES string of the molecule is CCOc1cccc(CCN)c1OCCCOC. The molecule has 2 N–H and O–H groups in total. The Kier molecular flexibility index (Phi) is 7.22. The zero-order chi connectivity index (χ0) is 13.2. The summed E-state index contributed by atoms with van der Waals surface area (Å²) in [6.07, 6.45) is 1.65. The maximum atomic E-state index is 5.81. The first kappa shape index (κ1) is 14.8. The molecule has 0 saturated heterocycles. The third kappa shape index (κ3) is 4.55. The molecular weight excluding hydrogens is 230 g/mol. The monoisotopic (exact) mass is 253 g/mol. The lowest BCUT2D eigenvalue weighted by Gasteiger charge is -2.15. The van der Waals surface area contributed by atoms with Crippen molar-refractivity contribution >= 4 is 0 Å². The lowest BCUT2D eigenvalue weighted by atomic mass is 10.1.